The summed E-state index contributed by atoms with van der Waals surface area (Å²) >= 11 is 0. The number of amides is 3. The number of hydrogen-bond acceptors (Lipinski definition) is 6. The Labute approximate surface area is 191 Å². The molecule has 0 aromatic heterocycles. The van der Waals surface area contributed by atoms with Gasteiger partial charge in [-0.15, -0.1) is 0 Å². The molecule has 3 amide bonds. The van der Waals surface area contributed by atoms with E-state index in [1.165, 1.54) is 17.9 Å². The third kappa shape index (κ3) is 4.17. The fourth-order valence-electron chi connectivity index (χ4n) is 5.23. The predicted octanol–water partition coefficient (Wildman–Crippen LogP) is 1.61. The maximum atomic E-state index is 15.0. The molecule has 1 aliphatic carbocycles. The Balaban J connectivity index is 1.19. The van der Waals surface area contributed by atoms with E-state index in [0.29, 0.717) is 24.3 Å². The van der Waals surface area contributed by atoms with Crippen molar-refractivity contribution in [2.45, 2.75) is 44.7 Å². The Bertz CT molecular complexity index is 988. The Kier molecular flexibility index (Phi) is 5.32. The first-order valence-corrected chi connectivity index (χ1v) is 11.3. The first-order valence-electron chi connectivity index (χ1n) is 11.3. The molecule has 4 fully saturated rings. The van der Waals surface area contributed by atoms with Crippen molar-refractivity contribution in [2.75, 3.05) is 37.7 Å². The number of rotatable bonds is 5. The van der Waals surface area contributed by atoms with Crippen LogP contribution < -0.4 is 10.2 Å². The molecule has 1 aromatic rings. The smallest absolute Gasteiger partial charge is 0.414 e. The van der Waals surface area contributed by atoms with Crippen LogP contribution in [-0.2, 0) is 23.8 Å². The van der Waals surface area contributed by atoms with E-state index in [1.54, 1.807) is 30.9 Å². The van der Waals surface area contributed by atoms with Gasteiger partial charge in [-0.25, -0.2) is 9.18 Å². The first-order chi connectivity index (χ1) is 15.6. The lowest BCUT2D eigenvalue weighted by atomic mass is 10.0. The number of ether oxygens (including phenoxy) is 3. The van der Waals surface area contributed by atoms with E-state index in [1.807, 2.05) is 0 Å². The van der Waals surface area contributed by atoms with Crippen molar-refractivity contribution in [3.63, 3.8) is 0 Å². The summed E-state index contributed by atoms with van der Waals surface area (Å²) in [6, 6.07) is 4.81. The van der Waals surface area contributed by atoms with Gasteiger partial charge in [0.05, 0.1) is 25.4 Å². The van der Waals surface area contributed by atoms with E-state index in [-0.39, 0.29) is 55.1 Å². The van der Waals surface area contributed by atoms with Crippen LogP contribution in [0.4, 0.5) is 14.9 Å². The number of likely N-dealkylation sites (tertiary alicyclic amines) is 1. The number of halogens is 1. The van der Waals surface area contributed by atoms with Crippen molar-refractivity contribution >= 4 is 23.6 Å². The summed E-state index contributed by atoms with van der Waals surface area (Å²) in [7, 11) is 0. The molecule has 0 bridgehead atoms. The zero-order chi connectivity index (χ0) is 23.5. The SMILES string of the molecule is CC(=O)NC[C@H]1CN(c2ccc([C@H]3[C@@H]4CN(C(=O)[C@@H]5COC(C)(C)O5)C[C@@H]43)c(F)c2)C(=O)O1. The summed E-state index contributed by atoms with van der Waals surface area (Å²) < 4.78 is 31.4. The summed E-state index contributed by atoms with van der Waals surface area (Å²) in [6.07, 6.45) is -1.62. The van der Waals surface area contributed by atoms with Crippen LogP contribution in [0.25, 0.3) is 0 Å². The van der Waals surface area contributed by atoms with Crippen LogP contribution in [0, 0.1) is 17.7 Å². The van der Waals surface area contributed by atoms with Crippen LogP contribution in [-0.4, -0.2) is 73.6 Å². The topological polar surface area (TPSA) is 97.4 Å². The summed E-state index contributed by atoms with van der Waals surface area (Å²) in [5.74, 6) is -0.864. The van der Waals surface area contributed by atoms with Gasteiger partial charge in [-0.1, -0.05) is 6.07 Å². The molecule has 0 spiro atoms. The van der Waals surface area contributed by atoms with E-state index in [2.05, 4.69) is 5.32 Å². The molecule has 0 radical (unpaired) electrons. The zero-order valence-corrected chi connectivity index (χ0v) is 18.9. The van der Waals surface area contributed by atoms with E-state index < -0.39 is 24.1 Å². The molecule has 4 aliphatic rings. The summed E-state index contributed by atoms with van der Waals surface area (Å²) in [6.45, 7) is 6.84. The Morgan fingerprint density at radius 3 is 2.55 bits per heavy atom. The number of benzene rings is 1. The molecular formula is C23H28FN3O6. The quantitative estimate of drug-likeness (QED) is 0.716. The molecule has 1 N–H and O–H groups in total. The minimum Gasteiger partial charge on any atom is -0.442 e. The number of piperidine rings is 1. The Morgan fingerprint density at radius 1 is 1.21 bits per heavy atom. The van der Waals surface area contributed by atoms with Gasteiger partial charge >= 0.3 is 6.09 Å². The fourth-order valence-corrected chi connectivity index (χ4v) is 5.23. The second-order valence-electron chi connectivity index (χ2n) is 9.67. The molecule has 3 saturated heterocycles. The van der Waals surface area contributed by atoms with E-state index in [0.717, 1.165) is 0 Å². The predicted molar refractivity (Wildman–Crippen MR) is 114 cm³/mol. The number of carbonyl (C=O) groups excluding carboxylic acids is 3. The largest absolute Gasteiger partial charge is 0.442 e. The average Bonchev–Trinajstić information content (AvgIpc) is 3.11. The van der Waals surface area contributed by atoms with E-state index in [4.69, 9.17) is 14.2 Å². The number of cyclic esters (lactones) is 1. The highest BCUT2D eigenvalue weighted by molar-refractivity contribution is 5.90. The number of nitrogens with zero attached hydrogens (tertiary/aromatic N) is 2. The Hall–Kier alpha value is -2.72. The molecule has 1 aromatic carbocycles. The van der Waals surface area contributed by atoms with Crippen LogP contribution >= 0.6 is 0 Å². The third-order valence-corrected chi connectivity index (χ3v) is 6.90. The fraction of sp³-hybridized carbons (Fsp3) is 0.609. The van der Waals surface area contributed by atoms with Gasteiger partial charge in [0.1, 0.15) is 11.9 Å². The zero-order valence-electron chi connectivity index (χ0n) is 18.9. The van der Waals surface area contributed by atoms with E-state index in [9.17, 15) is 14.4 Å². The normalized spacial score (nSPS) is 32.0. The van der Waals surface area contributed by atoms with Gasteiger partial charge in [0.25, 0.3) is 5.91 Å². The summed E-state index contributed by atoms with van der Waals surface area (Å²) in [5.41, 5.74) is 1.04. The highest BCUT2D eigenvalue weighted by Gasteiger charge is 2.58. The maximum Gasteiger partial charge on any atom is 0.414 e. The van der Waals surface area contributed by atoms with Crippen molar-refractivity contribution in [2.24, 2.45) is 11.8 Å². The number of fused-ring (bicyclic) bond motifs is 1. The molecule has 1 saturated carbocycles. The first kappa shape index (κ1) is 22.1. The molecule has 10 heteroatoms. The van der Waals surface area contributed by atoms with Crippen LogP contribution in [0.5, 0.6) is 0 Å². The van der Waals surface area contributed by atoms with Crippen molar-refractivity contribution in [3.8, 4) is 0 Å². The highest BCUT2D eigenvalue weighted by atomic mass is 19.1. The lowest BCUT2D eigenvalue weighted by molar-refractivity contribution is -0.159. The number of anilines is 1. The van der Waals surface area contributed by atoms with Gasteiger partial charge < -0.3 is 24.4 Å². The lowest BCUT2D eigenvalue weighted by Gasteiger charge is -2.24. The van der Waals surface area contributed by atoms with Gasteiger partial charge in [0, 0.05) is 20.0 Å². The summed E-state index contributed by atoms with van der Waals surface area (Å²) in [4.78, 5) is 39.1. The van der Waals surface area contributed by atoms with Crippen molar-refractivity contribution < 1.29 is 33.0 Å². The summed E-state index contributed by atoms with van der Waals surface area (Å²) in [5, 5.41) is 2.62. The molecule has 5 atom stereocenters. The van der Waals surface area contributed by atoms with Crippen LogP contribution in [0.3, 0.4) is 0 Å². The van der Waals surface area contributed by atoms with Gasteiger partial charge in [-0.2, -0.15) is 0 Å². The number of carbonyl (C=O) groups is 3. The van der Waals surface area contributed by atoms with Gasteiger partial charge in [-0.05, 0) is 49.3 Å². The third-order valence-electron chi connectivity index (χ3n) is 6.90. The molecule has 9 nitrogen and oxygen atoms in total. The highest BCUT2D eigenvalue weighted by Crippen LogP contribution is 2.59. The molecule has 33 heavy (non-hydrogen) atoms. The maximum absolute atomic E-state index is 15.0. The molecule has 5 rings (SSSR count). The van der Waals surface area contributed by atoms with E-state index >= 15 is 4.39 Å². The average molecular weight is 461 g/mol. The minimum atomic E-state index is -0.748. The lowest BCUT2D eigenvalue weighted by Crippen LogP contribution is -2.41. The molecular weight excluding hydrogens is 433 g/mol. The van der Waals surface area contributed by atoms with Crippen LogP contribution in [0.1, 0.15) is 32.3 Å². The second-order valence-corrected chi connectivity index (χ2v) is 9.67. The van der Waals surface area contributed by atoms with Gasteiger partial charge in [0.15, 0.2) is 11.9 Å². The van der Waals surface area contributed by atoms with Crippen molar-refractivity contribution in [1.29, 1.82) is 0 Å². The van der Waals surface area contributed by atoms with Crippen LogP contribution in [0.2, 0.25) is 0 Å². The second kappa shape index (κ2) is 7.95. The van der Waals surface area contributed by atoms with Crippen molar-refractivity contribution in [3.05, 3.63) is 29.6 Å². The van der Waals surface area contributed by atoms with Crippen LogP contribution in [0.15, 0.2) is 18.2 Å². The molecule has 3 aliphatic heterocycles. The number of hydrogen-bond donors (Lipinski definition) is 1. The number of nitrogens with one attached hydrogen (secondary N) is 1. The molecule has 0 unspecified atom stereocenters. The monoisotopic (exact) mass is 461 g/mol. The standard InChI is InChI=1S/C23H28FN3O6/c1-12(28)25-7-14-8-27(22(30)32-14)13-4-5-15(18(24)6-13)20-16-9-26(10-17(16)20)21(29)19-11-31-23(2,3)33-19/h4-6,14,16-17,19-20H,7-11H2,1-3H3,(H,25,28)/t14-,16-,17+,19-,20+/m0/s1. The molecule has 178 valence electrons. The van der Waals surface area contributed by atoms with Gasteiger partial charge in [0.2, 0.25) is 5.91 Å². The minimum absolute atomic E-state index is 0.0660. The van der Waals surface area contributed by atoms with Crippen molar-refractivity contribution in [1.82, 2.24) is 10.2 Å². The van der Waals surface area contributed by atoms with Gasteiger partial charge in [-0.3, -0.25) is 14.5 Å². The Morgan fingerprint density at radius 2 is 1.94 bits per heavy atom. The molecule has 3 heterocycles.